The first-order valence-electron chi connectivity index (χ1n) is 5.17. The van der Waals surface area contributed by atoms with Crippen molar-refractivity contribution >= 4 is 5.71 Å². The molecule has 1 rings (SSSR count). The highest BCUT2D eigenvalue weighted by Gasteiger charge is 2.38. The molecule has 0 aromatic heterocycles. The normalized spacial score (nSPS) is 14.2. The van der Waals surface area contributed by atoms with Crippen molar-refractivity contribution in [1.82, 2.24) is 0 Å². The molecule has 0 bridgehead atoms. The van der Waals surface area contributed by atoms with Gasteiger partial charge in [-0.05, 0) is 12.1 Å². The molecule has 1 atom stereocenters. The third-order valence-electron chi connectivity index (χ3n) is 2.24. The van der Waals surface area contributed by atoms with Gasteiger partial charge in [0.1, 0.15) is 11.5 Å². The smallest absolute Gasteiger partial charge is 0.411 e. The number of rotatable bonds is 5. The Morgan fingerprint density at radius 2 is 2.05 bits per heavy atom. The third-order valence-corrected chi connectivity index (χ3v) is 2.24. The van der Waals surface area contributed by atoms with Crippen LogP contribution in [-0.4, -0.2) is 29.8 Å². The molecule has 1 aromatic carbocycles. The van der Waals surface area contributed by atoms with Gasteiger partial charge in [0.2, 0.25) is 0 Å². The van der Waals surface area contributed by atoms with Crippen LogP contribution in [0.5, 0.6) is 0 Å². The maximum Gasteiger partial charge on any atom is 0.418 e. The van der Waals surface area contributed by atoms with Crippen molar-refractivity contribution in [3.8, 4) is 0 Å². The van der Waals surface area contributed by atoms with Gasteiger partial charge in [-0.2, -0.15) is 13.2 Å². The van der Waals surface area contributed by atoms with Crippen LogP contribution < -0.4 is 0 Å². The molecule has 0 spiro atoms. The zero-order valence-corrected chi connectivity index (χ0v) is 9.69. The minimum atomic E-state index is -4.63. The molecule has 0 aliphatic carbocycles. The van der Waals surface area contributed by atoms with Gasteiger partial charge >= 0.3 is 6.18 Å². The van der Waals surface area contributed by atoms with E-state index in [2.05, 4.69) is 16.5 Å². The standard InChI is InChI=1S/C12H11F4NO2/c1-2-11(12(14,15)16)19-7-10(17-18)8-5-3-4-6-9(8)13/h2-6,11,18H,1,7H2/b17-10-/t11-/m0/s1. The van der Waals surface area contributed by atoms with E-state index in [1.807, 2.05) is 0 Å². The SMILES string of the molecule is C=C[C@H](OC/C(=N/O)c1ccccc1F)C(F)(F)F. The van der Waals surface area contributed by atoms with Gasteiger partial charge in [-0.1, -0.05) is 23.4 Å². The number of oxime groups is 1. The van der Waals surface area contributed by atoms with E-state index in [0.717, 1.165) is 6.07 Å². The van der Waals surface area contributed by atoms with Crippen molar-refractivity contribution in [3.05, 3.63) is 48.3 Å². The predicted octanol–water partition coefficient (Wildman–Crippen LogP) is 3.14. The summed E-state index contributed by atoms with van der Waals surface area (Å²) >= 11 is 0. The fourth-order valence-corrected chi connectivity index (χ4v) is 1.32. The molecule has 7 heteroatoms. The molecule has 0 heterocycles. The molecule has 0 saturated carbocycles. The summed E-state index contributed by atoms with van der Waals surface area (Å²) in [6, 6.07) is 5.22. The number of nitrogens with zero attached hydrogens (tertiary/aromatic N) is 1. The molecule has 104 valence electrons. The summed E-state index contributed by atoms with van der Waals surface area (Å²) in [7, 11) is 0. The van der Waals surface area contributed by atoms with Crippen molar-refractivity contribution < 1.29 is 27.5 Å². The van der Waals surface area contributed by atoms with Gasteiger partial charge in [0.05, 0.1) is 6.61 Å². The lowest BCUT2D eigenvalue weighted by Gasteiger charge is -2.17. The predicted molar refractivity (Wildman–Crippen MR) is 60.7 cm³/mol. The van der Waals surface area contributed by atoms with E-state index in [1.165, 1.54) is 18.2 Å². The minimum Gasteiger partial charge on any atom is -0.411 e. The number of hydrogen-bond acceptors (Lipinski definition) is 3. The fourth-order valence-electron chi connectivity index (χ4n) is 1.32. The molecular formula is C12H11F4NO2. The lowest BCUT2D eigenvalue weighted by Crippen LogP contribution is -2.31. The second-order valence-electron chi connectivity index (χ2n) is 3.54. The summed E-state index contributed by atoms with van der Waals surface area (Å²) in [5.74, 6) is -0.721. The van der Waals surface area contributed by atoms with Crippen molar-refractivity contribution in [2.75, 3.05) is 6.61 Å². The molecule has 0 radical (unpaired) electrons. The van der Waals surface area contributed by atoms with Crippen LogP contribution in [0.15, 0.2) is 42.1 Å². The average Bonchev–Trinajstić information content (AvgIpc) is 2.34. The van der Waals surface area contributed by atoms with E-state index >= 15 is 0 Å². The van der Waals surface area contributed by atoms with Crippen LogP contribution in [0.1, 0.15) is 5.56 Å². The quantitative estimate of drug-likeness (QED) is 0.295. The van der Waals surface area contributed by atoms with Crippen molar-refractivity contribution in [1.29, 1.82) is 0 Å². The Balaban J connectivity index is 2.80. The van der Waals surface area contributed by atoms with Crippen molar-refractivity contribution in [2.45, 2.75) is 12.3 Å². The summed E-state index contributed by atoms with van der Waals surface area (Å²) in [5.41, 5.74) is -0.468. The Labute approximate surface area is 106 Å². The number of alkyl halides is 3. The summed E-state index contributed by atoms with van der Waals surface area (Å²) in [4.78, 5) is 0. The minimum absolute atomic E-state index is 0.130. The largest absolute Gasteiger partial charge is 0.418 e. The van der Waals surface area contributed by atoms with Gasteiger partial charge in [0.25, 0.3) is 0 Å². The van der Waals surface area contributed by atoms with Gasteiger partial charge in [0.15, 0.2) is 6.10 Å². The summed E-state index contributed by atoms with van der Waals surface area (Å²) < 4.78 is 55.0. The number of benzene rings is 1. The van der Waals surface area contributed by atoms with Crippen molar-refractivity contribution in [2.24, 2.45) is 5.16 Å². The monoisotopic (exact) mass is 277 g/mol. The highest BCUT2D eigenvalue weighted by atomic mass is 19.4. The third kappa shape index (κ3) is 4.06. The van der Waals surface area contributed by atoms with E-state index in [4.69, 9.17) is 5.21 Å². The van der Waals surface area contributed by atoms with E-state index in [1.54, 1.807) is 0 Å². The maximum absolute atomic E-state index is 13.4. The molecule has 3 nitrogen and oxygen atoms in total. The topological polar surface area (TPSA) is 41.8 Å². The van der Waals surface area contributed by atoms with Gasteiger partial charge in [-0.3, -0.25) is 0 Å². The second-order valence-corrected chi connectivity index (χ2v) is 3.54. The summed E-state index contributed by atoms with van der Waals surface area (Å²) in [6.07, 6.45) is -6.27. The van der Waals surface area contributed by atoms with E-state index in [9.17, 15) is 17.6 Å². The molecule has 0 aliphatic heterocycles. The van der Waals surface area contributed by atoms with Crippen LogP contribution in [0.4, 0.5) is 17.6 Å². The van der Waals surface area contributed by atoms with Gasteiger partial charge in [-0.25, -0.2) is 4.39 Å². The van der Waals surface area contributed by atoms with E-state index in [-0.39, 0.29) is 11.3 Å². The number of halogens is 4. The van der Waals surface area contributed by atoms with Crippen LogP contribution in [0.2, 0.25) is 0 Å². The van der Waals surface area contributed by atoms with Crippen LogP contribution in [0.3, 0.4) is 0 Å². The Morgan fingerprint density at radius 3 is 2.53 bits per heavy atom. The zero-order valence-electron chi connectivity index (χ0n) is 9.69. The number of hydrogen-bond donors (Lipinski definition) is 1. The first kappa shape index (κ1) is 15.2. The van der Waals surface area contributed by atoms with Crippen LogP contribution in [0, 0.1) is 5.82 Å². The number of ether oxygens (including phenoxy) is 1. The van der Waals surface area contributed by atoms with Crippen LogP contribution in [0.25, 0.3) is 0 Å². The molecule has 1 N–H and O–H groups in total. The molecule has 0 amide bonds. The molecule has 1 aromatic rings. The zero-order chi connectivity index (χ0) is 14.5. The average molecular weight is 277 g/mol. The second kappa shape index (κ2) is 6.33. The van der Waals surface area contributed by atoms with Crippen LogP contribution in [-0.2, 0) is 4.74 Å². The lowest BCUT2D eigenvalue weighted by atomic mass is 10.1. The highest BCUT2D eigenvalue weighted by Crippen LogP contribution is 2.23. The lowest BCUT2D eigenvalue weighted by molar-refractivity contribution is -0.199. The molecule has 0 aliphatic rings. The first-order chi connectivity index (χ1) is 8.90. The summed E-state index contributed by atoms with van der Waals surface area (Å²) in [5, 5.41) is 11.5. The highest BCUT2D eigenvalue weighted by molar-refractivity contribution is 6.01. The fraction of sp³-hybridized carbons (Fsp3) is 0.250. The van der Waals surface area contributed by atoms with E-state index < -0.39 is 24.7 Å². The van der Waals surface area contributed by atoms with Gasteiger partial charge < -0.3 is 9.94 Å². The Kier molecular flexibility index (Phi) is 5.05. The molecular weight excluding hydrogens is 266 g/mol. The van der Waals surface area contributed by atoms with E-state index in [0.29, 0.717) is 6.08 Å². The van der Waals surface area contributed by atoms with Gasteiger partial charge in [-0.15, -0.1) is 6.58 Å². The Hall–Kier alpha value is -1.89. The molecule has 19 heavy (non-hydrogen) atoms. The Morgan fingerprint density at radius 1 is 1.42 bits per heavy atom. The molecule has 0 unspecified atom stereocenters. The molecule has 0 saturated heterocycles. The van der Waals surface area contributed by atoms with Crippen molar-refractivity contribution in [3.63, 3.8) is 0 Å². The van der Waals surface area contributed by atoms with Crippen LogP contribution >= 0.6 is 0 Å². The first-order valence-corrected chi connectivity index (χ1v) is 5.17. The summed E-state index contributed by atoms with van der Waals surface area (Å²) in [6.45, 7) is 2.30. The Bertz CT molecular complexity index is 471. The maximum atomic E-state index is 13.4. The van der Waals surface area contributed by atoms with Gasteiger partial charge in [0, 0.05) is 5.56 Å². The molecule has 0 fully saturated rings.